The average Bonchev–Trinajstić information content (AvgIpc) is 3.13. The molecule has 7 heteroatoms. The lowest BCUT2D eigenvalue weighted by Gasteiger charge is -2.27. The normalized spacial score (nSPS) is 16.8. The molecule has 0 saturated heterocycles. The van der Waals surface area contributed by atoms with Crippen LogP contribution in [0.4, 0.5) is 0 Å². The summed E-state index contributed by atoms with van der Waals surface area (Å²) in [6.07, 6.45) is 9.27. The first-order chi connectivity index (χ1) is 12.4. The fourth-order valence-electron chi connectivity index (χ4n) is 4.28. The van der Waals surface area contributed by atoms with E-state index in [1.807, 2.05) is 18.7 Å². The number of carbonyl (C=O) groups is 1. The maximum absolute atomic E-state index is 12.2. The third kappa shape index (κ3) is 3.75. The highest BCUT2D eigenvalue weighted by molar-refractivity contribution is 9.10. The van der Waals surface area contributed by atoms with E-state index in [9.17, 15) is 4.79 Å². The Bertz CT molecular complexity index is 772. The van der Waals surface area contributed by atoms with Crippen molar-refractivity contribution in [1.29, 1.82) is 0 Å². The minimum atomic E-state index is -0.361. The van der Waals surface area contributed by atoms with E-state index in [0.29, 0.717) is 17.3 Å². The number of nitrogens with two attached hydrogens (primary N) is 2. The van der Waals surface area contributed by atoms with E-state index in [4.69, 9.17) is 11.5 Å². The van der Waals surface area contributed by atoms with Gasteiger partial charge in [-0.05, 0) is 53.2 Å². The molecule has 1 saturated carbocycles. The monoisotopic (exact) mass is 438 g/mol. The van der Waals surface area contributed by atoms with E-state index >= 15 is 0 Å². The predicted octanol–water partition coefficient (Wildman–Crippen LogP) is 4.33. The summed E-state index contributed by atoms with van der Waals surface area (Å²) in [4.78, 5) is 13.9. The predicted molar refractivity (Wildman–Crippen MR) is 110 cm³/mol. The molecule has 3 rings (SSSR count). The topological polar surface area (TPSA) is 86.9 Å². The second kappa shape index (κ2) is 8.23. The Kier molecular flexibility index (Phi) is 6.20. The van der Waals surface area contributed by atoms with Crippen molar-refractivity contribution < 1.29 is 4.79 Å². The Morgan fingerprint density at radius 2 is 2.12 bits per heavy atom. The summed E-state index contributed by atoms with van der Waals surface area (Å²) in [5.74, 6) is 0.461. The summed E-state index contributed by atoms with van der Waals surface area (Å²) in [6, 6.07) is 0. The number of carbonyl (C=O) groups excluding carboxylic acids is 1. The number of thiophene rings is 1. The van der Waals surface area contributed by atoms with Crippen molar-refractivity contribution in [2.24, 2.45) is 24.4 Å². The van der Waals surface area contributed by atoms with Gasteiger partial charge in [0.15, 0.2) is 0 Å². The number of amides is 1. The quantitative estimate of drug-likeness (QED) is 0.702. The molecule has 0 radical (unpaired) electrons. The van der Waals surface area contributed by atoms with Crippen LogP contribution < -0.4 is 11.5 Å². The number of rotatable bonds is 6. The molecule has 0 aromatic carbocycles. The largest absolute Gasteiger partial charge is 0.365 e. The summed E-state index contributed by atoms with van der Waals surface area (Å²) >= 11 is 5.09. The highest BCUT2D eigenvalue weighted by Gasteiger charge is 2.30. The second-order valence-corrected chi connectivity index (χ2v) is 9.36. The third-order valence-corrected chi connectivity index (χ3v) is 7.23. The Morgan fingerprint density at radius 1 is 1.42 bits per heavy atom. The van der Waals surface area contributed by atoms with Gasteiger partial charge in [0.1, 0.15) is 0 Å². The van der Waals surface area contributed by atoms with Crippen molar-refractivity contribution in [3.8, 4) is 11.3 Å². The molecule has 1 amide bonds. The molecular formula is C19H27BrN4OS. The van der Waals surface area contributed by atoms with Gasteiger partial charge in [0, 0.05) is 17.5 Å². The van der Waals surface area contributed by atoms with Crippen LogP contribution in [-0.2, 0) is 7.05 Å². The number of aromatic nitrogens is 2. The maximum Gasteiger partial charge on any atom is 0.259 e. The van der Waals surface area contributed by atoms with Crippen LogP contribution in [0.5, 0.6) is 0 Å². The number of nitrogens with zero attached hydrogens (tertiary/aromatic N) is 2. The smallest absolute Gasteiger partial charge is 0.259 e. The van der Waals surface area contributed by atoms with Gasteiger partial charge in [-0.3, -0.25) is 9.48 Å². The number of halogens is 1. The molecule has 5 nitrogen and oxygen atoms in total. The van der Waals surface area contributed by atoms with E-state index in [1.54, 1.807) is 6.20 Å². The van der Waals surface area contributed by atoms with Crippen molar-refractivity contribution in [2.45, 2.75) is 51.4 Å². The van der Waals surface area contributed by atoms with Crippen LogP contribution in [0.1, 0.15) is 64.6 Å². The van der Waals surface area contributed by atoms with Gasteiger partial charge in [0.25, 0.3) is 5.91 Å². The Morgan fingerprint density at radius 3 is 2.65 bits per heavy atom. The molecule has 0 unspecified atom stereocenters. The zero-order valence-corrected chi connectivity index (χ0v) is 17.8. The first-order valence-electron chi connectivity index (χ1n) is 9.25. The van der Waals surface area contributed by atoms with Crippen molar-refractivity contribution in [2.75, 3.05) is 6.54 Å². The molecule has 1 aliphatic rings. The van der Waals surface area contributed by atoms with E-state index in [2.05, 4.69) is 21.0 Å². The minimum Gasteiger partial charge on any atom is -0.365 e. The van der Waals surface area contributed by atoms with E-state index in [-0.39, 0.29) is 11.8 Å². The van der Waals surface area contributed by atoms with Gasteiger partial charge in [0.05, 0.1) is 21.2 Å². The van der Waals surface area contributed by atoms with E-state index < -0.39 is 0 Å². The highest BCUT2D eigenvalue weighted by Crippen LogP contribution is 2.45. The molecule has 0 bridgehead atoms. The number of primary amides is 1. The third-order valence-electron chi connectivity index (χ3n) is 5.51. The van der Waals surface area contributed by atoms with Crippen molar-refractivity contribution in [1.82, 2.24) is 9.78 Å². The van der Waals surface area contributed by atoms with Crippen molar-refractivity contribution in [3.05, 3.63) is 26.0 Å². The molecule has 1 atom stereocenters. The molecule has 1 aliphatic carbocycles. The number of hydrogen-bond donors (Lipinski definition) is 2. The lowest BCUT2D eigenvalue weighted by atomic mass is 9.79. The molecular weight excluding hydrogens is 412 g/mol. The Balaban J connectivity index is 2.09. The van der Waals surface area contributed by atoms with Crippen LogP contribution in [0.25, 0.3) is 11.3 Å². The molecule has 0 aliphatic heterocycles. The lowest BCUT2D eigenvalue weighted by molar-refractivity contribution is 0.100. The summed E-state index contributed by atoms with van der Waals surface area (Å²) in [6.45, 7) is 2.57. The fraction of sp³-hybridized carbons (Fsp3) is 0.579. The summed E-state index contributed by atoms with van der Waals surface area (Å²) < 4.78 is 2.77. The van der Waals surface area contributed by atoms with Crippen LogP contribution in [-0.4, -0.2) is 22.2 Å². The molecule has 142 valence electrons. The fourth-order valence-corrected chi connectivity index (χ4v) is 5.92. The SMILES string of the molecule is Cc1sc(C(N)=O)c([C@@H](CN)CC2CCCCC2)c1-c1c(Br)cnn1C. The molecule has 2 aromatic rings. The van der Waals surface area contributed by atoms with Gasteiger partial charge in [-0.15, -0.1) is 11.3 Å². The molecule has 2 heterocycles. The van der Waals surface area contributed by atoms with Gasteiger partial charge in [-0.2, -0.15) is 5.10 Å². The van der Waals surface area contributed by atoms with E-state index in [1.165, 1.54) is 43.4 Å². The zero-order chi connectivity index (χ0) is 18.8. The maximum atomic E-state index is 12.2. The minimum absolute atomic E-state index is 0.141. The van der Waals surface area contributed by atoms with Gasteiger partial charge < -0.3 is 11.5 Å². The van der Waals surface area contributed by atoms with Crippen LogP contribution in [0.15, 0.2) is 10.7 Å². The van der Waals surface area contributed by atoms with Gasteiger partial charge >= 0.3 is 0 Å². The highest BCUT2D eigenvalue weighted by atomic mass is 79.9. The van der Waals surface area contributed by atoms with E-state index in [0.717, 1.165) is 32.6 Å². The average molecular weight is 439 g/mol. The number of aryl methyl sites for hydroxylation is 2. The van der Waals surface area contributed by atoms with Crippen LogP contribution in [0, 0.1) is 12.8 Å². The van der Waals surface area contributed by atoms with Crippen LogP contribution in [0.3, 0.4) is 0 Å². The summed E-state index contributed by atoms with van der Waals surface area (Å²) in [7, 11) is 1.92. The molecule has 1 fully saturated rings. The van der Waals surface area contributed by atoms with Gasteiger partial charge in [-0.25, -0.2) is 0 Å². The molecule has 0 spiro atoms. The van der Waals surface area contributed by atoms with Gasteiger partial charge in [0.2, 0.25) is 0 Å². The molecule has 4 N–H and O–H groups in total. The van der Waals surface area contributed by atoms with Crippen LogP contribution >= 0.6 is 27.3 Å². The van der Waals surface area contributed by atoms with Gasteiger partial charge in [-0.1, -0.05) is 32.1 Å². The Labute approximate surface area is 167 Å². The van der Waals surface area contributed by atoms with Crippen molar-refractivity contribution in [3.63, 3.8) is 0 Å². The molecule has 26 heavy (non-hydrogen) atoms. The standard InChI is InChI=1S/C19H27BrN4OS/c1-11-15(17-14(20)10-23-24(17)2)16(18(26-11)19(22)25)13(9-21)8-12-6-4-3-5-7-12/h10,12-13H,3-9,21H2,1-2H3,(H2,22,25)/t13-/m1/s1. The first kappa shape index (κ1) is 19.6. The van der Waals surface area contributed by atoms with Crippen molar-refractivity contribution >= 4 is 33.2 Å². The Hall–Kier alpha value is -1.18. The summed E-state index contributed by atoms with van der Waals surface area (Å²) in [5, 5.41) is 4.36. The number of hydrogen-bond acceptors (Lipinski definition) is 4. The van der Waals surface area contributed by atoms with Crippen LogP contribution in [0.2, 0.25) is 0 Å². The zero-order valence-electron chi connectivity index (χ0n) is 15.4. The lowest BCUT2D eigenvalue weighted by Crippen LogP contribution is -2.22. The first-order valence-corrected chi connectivity index (χ1v) is 10.9. The molecule has 2 aromatic heterocycles. The summed E-state index contributed by atoms with van der Waals surface area (Å²) in [5.41, 5.74) is 15.1. The second-order valence-electron chi connectivity index (χ2n) is 7.28.